The van der Waals surface area contributed by atoms with Crippen LogP contribution in [0.4, 0.5) is 10.1 Å². The lowest BCUT2D eigenvalue weighted by Gasteiger charge is -2.10. The molecule has 0 atom stereocenters. The minimum Gasteiger partial charge on any atom is -0.465 e. The smallest absolute Gasteiger partial charge is 0.337 e. The van der Waals surface area contributed by atoms with Gasteiger partial charge in [0.05, 0.1) is 41.8 Å². The van der Waals surface area contributed by atoms with E-state index in [1.807, 2.05) is 0 Å². The van der Waals surface area contributed by atoms with Gasteiger partial charge in [-0.25, -0.2) is 13.9 Å². The first kappa shape index (κ1) is 19.3. The Morgan fingerprint density at radius 1 is 1.07 bits per heavy atom. The maximum Gasteiger partial charge on any atom is 0.337 e. The molecule has 7 nitrogen and oxygen atoms in total. The van der Waals surface area contributed by atoms with Gasteiger partial charge in [-0.1, -0.05) is 0 Å². The molecule has 8 heteroatoms. The first-order valence-electron chi connectivity index (χ1n) is 9.06. The predicted octanol–water partition coefficient (Wildman–Crippen LogP) is 3.91. The van der Waals surface area contributed by atoms with Crippen molar-refractivity contribution in [3.8, 4) is 5.69 Å². The molecule has 2 heterocycles. The molecule has 0 saturated heterocycles. The highest BCUT2D eigenvalue weighted by Gasteiger charge is 2.16. The van der Waals surface area contributed by atoms with Gasteiger partial charge >= 0.3 is 5.97 Å². The van der Waals surface area contributed by atoms with Crippen LogP contribution in [-0.2, 0) is 4.74 Å². The van der Waals surface area contributed by atoms with Crippen molar-refractivity contribution in [2.24, 2.45) is 0 Å². The van der Waals surface area contributed by atoms with Gasteiger partial charge in [-0.05, 0) is 55.0 Å². The molecular weight excluding hydrogens is 387 g/mol. The second kappa shape index (κ2) is 7.75. The van der Waals surface area contributed by atoms with Crippen LogP contribution in [0.2, 0.25) is 0 Å². The summed E-state index contributed by atoms with van der Waals surface area (Å²) in [4.78, 5) is 28.7. The number of nitrogens with zero attached hydrogens (tertiary/aromatic N) is 3. The van der Waals surface area contributed by atoms with E-state index < -0.39 is 5.97 Å². The molecule has 150 valence electrons. The molecular formula is C22H17FN4O3. The van der Waals surface area contributed by atoms with E-state index in [1.54, 1.807) is 54.3 Å². The molecule has 0 bridgehead atoms. The standard InChI is InChI=1S/C22H17FN4O3/c1-13-9-14(22(29)30-2)3-8-19(13)26-21(28)18-10-24-12-20-17(18)11-25-27(20)16-6-4-15(23)5-7-16/h3-12H,1-2H3,(H,26,28). The molecule has 1 N–H and O–H groups in total. The Kier molecular flexibility index (Phi) is 4.97. The van der Waals surface area contributed by atoms with E-state index in [1.165, 1.54) is 25.4 Å². The van der Waals surface area contributed by atoms with E-state index in [0.717, 1.165) is 0 Å². The lowest BCUT2D eigenvalue weighted by atomic mass is 10.1. The van der Waals surface area contributed by atoms with Gasteiger partial charge in [0.2, 0.25) is 0 Å². The number of fused-ring (bicyclic) bond motifs is 1. The Bertz CT molecular complexity index is 1270. The summed E-state index contributed by atoms with van der Waals surface area (Å²) >= 11 is 0. The minimum absolute atomic E-state index is 0.345. The number of hydrogen-bond donors (Lipinski definition) is 1. The number of halogens is 1. The molecule has 0 fully saturated rings. The number of amides is 1. The summed E-state index contributed by atoms with van der Waals surface area (Å²) < 4.78 is 19.5. The number of aryl methyl sites for hydroxylation is 1. The maximum atomic E-state index is 13.2. The summed E-state index contributed by atoms with van der Waals surface area (Å²) in [5, 5.41) is 7.77. The van der Waals surface area contributed by atoms with Gasteiger partial charge in [0.15, 0.2) is 0 Å². The topological polar surface area (TPSA) is 86.1 Å². The van der Waals surface area contributed by atoms with E-state index in [0.29, 0.717) is 39.0 Å². The highest BCUT2D eigenvalue weighted by molar-refractivity contribution is 6.12. The van der Waals surface area contributed by atoms with Gasteiger partial charge in [0, 0.05) is 17.3 Å². The van der Waals surface area contributed by atoms with Gasteiger partial charge in [0.25, 0.3) is 5.91 Å². The summed E-state index contributed by atoms with van der Waals surface area (Å²) in [5.74, 6) is -1.15. The van der Waals surface area contributed by atoms with Crippen LogP contribution in [0.25, 0.3) is 16.6 Å². The summed E-state index contributed by atoms with van der Waals surface area (Å²) in [6.07, 6.45) is 4.63. The summed E-state index contributed by atoms with van der Waals surface area (Å²) in [5.41, 5.74) is 3.30. The molecule has 0 aliphatic heterocycles. The maximum absolute atomic E-state index is 13.2. The predicted molar refractivity (Wildman–Crippen MR) is 109 cm³/mol. The van der Waals surface area contributed by atoms with E-state index in [-0.39, 0.29) is 11.7 Å². The molecule has 0 aliphatic rings. The molecule has 2 aromatic carbocycles. The van der Waals surface area contributed by atoms with Crippen molar-refractivity contribution >= 4 is 28.5 Å². The van der Waals surface area contributed by atoms with E-state index >= 15 is 0 Å². The fourth-order valence-electron chi connectivity index (χ4n) is 3.15. The minimum atomic E-state index is -0.446. The Morgan fingerprint density at radius 3 is 2.53 bits per heavy atom. The van der Waals surface area contributed by atoms with Crippen LogP contribution < -0.4 is 5.32 Å². The fourth-order valence-corrected chi connectivity index (χ4v) is 3.15. The molecule has 0 aliphatic carbocycles. The molecule has 0 saturated carbocycles. The number of nitrogens with one attached hydrogen (secondary N) is 1. The molecule has 0 spiro atoms. The third kappa shape index (κ3) is 3.50. The first-order valence-corrected chi connectivity index (χ1v) is 9.06. The number of methoxy groups -OCH3 is 1. The van der Waals surface area contributed by atoms with Gasteiger partial charge in [-0.3, -0.25) is 9.78 Å². The fraction of sp³-hybridized carbons (Fsp3) is 0.0909. The van der Waals surface area contributed by atoms with Crippen LogP contribution in [0, 0.1) is 12.7 Å². The van der Waals surface area contributed by atoms with Gasteiger partial charge in [0.1, 0.15) is 5.82 Å². The van der Waals surface area contributed by atoms with Crippen LogP contribution in [0.5, 0.6) is 0 Å². The van der Waals surface area contributed by atoms with Crippen molar-refractivity contribution in [1.29, 1.82) is 0 Å². The second-order valence-electron chi connectivity index (χ2n) is 6.63. The number of esters is 1. The lowest BCUT2D eigenvalue weighted by Crippen LogP contribution is -2.14. The van der Waals surface area contributed by atoms with E-state index in [2.05, 4.69) is 15.4 Å². The monoisotopic (exact) mass is 404 g/mol. The van der Waals surface area contributed by atoms with Crippen molar-refractivity contribution in [2.45, 2.75) is 6.92 Å². The van der Waals surface area contributed by atoms with E-state index in [4.69, 9.17) is 4.74 Å². The molecule has 0 unspecified atom stereocenters. The number of ether oxygens (including phenoxy) is 1. The van der Waals surface area contributed by atoms with Crippen LogP contribution in [0.1, 0.15) is 26.3 Å². The molecule has 2 aromatic heterocycles. The summed E-state index contributed by atoms with van der Waals surface area (Å²) in [6.45, 7) is 1.79. The zero-order valence-corrected chi connectivity index (χ0v) is 16.2. The number of carbonyl (C=O) groups is 2. The first-order chi connectivity index (χ1) is 14.5. The third-order valence-corrected chi connectivity index (χ3v) is 4.71. The molecule has 4 aromatic rings. The largest absolute Gasteiger partial charge is 0.465 e. The van der Waals surface area contributed by atoms with Crippen LogP contribution in [0.15, 0.2) is 61.1 Å². The van der Waals surface area contributed by atoms with E-state index in [9.17, 15) is 14.0 Å². The SMILES string of the molecule is COC(=O)c1ccc(NC(=O)c2cncc3c2cnn3-c2ccc(F)cc2)c(C)c1. The number of pyridine rings is 1. The molecule has 1 amide bonds. The highest BCUT2D eigenvalue weighted by Crippen LogP contribution is 2.23. The van der Waals surface area contributed by atoms with Gasteiger partial charge in [-0.2, -0.15) is 5.10 Å². The summed E-state index contributed by atoms with van der Waals surface area (Å²) in [6, 6.07) is 10.8. The average Bonchev–Trinajstić information content (AvgIpc) is 3.19. The number of hydrogen-bond acceptors (Lipinski definition) is 5. The zero-order valence-electron chi connectivity index (χ0n) is 16.2. The van der Waals surface area contributed by atoms with Crippen molar-refractivity contribution in [2.75, 3.05) is 12.4 Å². The number of rotatable bonds is 4. The van der Waals surface area contributed by atoms with Gasteiger partial charge < -0.3 is 10.1 Å². The number of anilines is 1. The molecule has 30 heavy (non-hydrogen) atoms. The van der Waals surface area contributed by atoms with Crippen molar-refractivity contribution in [3.05, 3.63) is 83.6 Å². The number of benzene rings is 2. The van der Waals surface area contributed by atoms with Crippen LogP contribution in [-0.4, -0.2) is 33.8 Å². The average molecular weight is 404 g/mol. The lowest BCUT2D eigenvalue weighted by molar-refractivity contribution is 0.0600. The zero-order chi connectivity index (χ0) is 21.3. The normalized spacial score (nSPS) is 10.8. The Balaban J connectivity index is 1.66. The number of aromatic nitrogens is 3. The van der Waals surface area contributed by atoms with Crippen molar-refractivity contribution in [1.82, 2.24) is 14.8 Å². The Morgan fingerprint density at radius 2 is 1.83 bits per heavy atom. The number of carbonyl (C=O) groups excluding carboxylic acids is 2. The van der Waals surface area contributed by atoms with Crippen molar-refractivity contribution < 1.29 is 18.7 Å². The second-order valence-corrected chi connectivity index (χ2v) is 6.63. The molecule has 0 radical (unpaired) electrons. The van der Waals surface area contributed by atoms with Crippen molar-refractivity contribution in [3.63, 3.8) is 0 Å². The quantitative estimate of drug-likeness (QED) is 0.521. The van der Waals surface area contributed by atoms with Crippen LogP contribution in [0.3, 0.4) is 0 Å². The molecule has 4 rings (SSSR count). The third-order valence-electron chi connectivity index (χ3n) is 4.71. The van der Waals surface area contributed by atoms with Gasteiger partial charge in [-0.15, -0.1) is 0 Å². The summed E-state index contributed by atoms with van der Waals surface area (Å²) in [7, 11) is 1.31. The van der Waals surface area contributed by atoms with Crippen LogP contribution >= 0.6 is 0 Å². The Labute approximate surface area is 171 Å². The Hall–Kier alpha value is -4.07. The highest BCUT2D eigenvalue weighted by atomic mass is 19.1.